The van der Waals surface area contributed by atoms with Crippen molar-refractivity contribution in [3.05, 3.63) is 5.56 Å². The number of nitrogens with zero attached hydrogens (tertiary/aromatic N) is 2. The molecular formula is C11H16N4O2S. The summed E-state index contributed by atoms with van der Waals surface area (Å²) in [6.07, 6.45) is 2.48. The number of nitrogen functional groups attached to an aromatic ring is 1. The van der Waals surface area contributed by atoms with Crippen LogP contribution in [0.1, 0.15) is 29.6 Å². The molecule has 0 aromatic carbocycles. The van der Waals surface area contributed by atoms with Crippen molar-refractivity contribution in [2.45, 2.75) is 31.4 Å². The first-order valence-electron chi connectivity index (χ1n) is 6.14. The van der Waals surface area contributed by atoms with E-state index in [-0.39, 0.29) is 17.8 Å². The number of nitrogens with one attached hydrogen (secondary N) is 1. The topological polar surface area (TPSA) is 91.5 Å². The Labute approximate surface area is 109 Å². The Hall–Kier alpha value is -1.34. The number of anilines is 2. The van der Waals surface area contributed by atoms with Gasteiger partial charge in [-0.1, -0.05) is 0 Å². The number of hydrogen-bond acceptors (Lipinski definition) is 6. The maximum Gasteiger partial charge on any atom is 0.258 e. The van der Waals surface area contributed by atoms with Crippen molar-refractivity contribution < 1.29 is 9.90 Å². The van der Waals surface area contributed by atoms with Crippen LogP contribution in [-0.2, 0) is 0 Å². The molecule has 3 rings (SSSR count). The van der Waals surface area contributed by atoms with Crippen LogP contribution >= 0.6 is 11.5 Å². The SMILES string of the molecule is Nc1nsc(N2CCC(O)C2)c1C(=O)NC1CC1. The average Bonchev–Trinajstić information content (AvgIpc) is 2.88. The number of amides is 1. The van der Waals surface area contributed by atoms with Crippen LogP contribution < -0.4 is 16.0 Å². The van der Waals surface area contributed by atoms with E-state index in [4.69, 9.17) is 5.73 Å². The van der Waals surface area contributed by atoms with E-state index in [0.29, 0.717) is 18.2 Å². The zero-order chi connectivity index (χ0) is 12.7. The summed E-state index contributed by atoms with van der Waals surface area (Å²) < 4.78 is 4.07. The first-order chi connectivity index (χ1) is 8.65. The Kier molecular flexibility index (Phi) is 2.87. The van der Waals surface area contributed by atoms with Crippen molar-refractivity contribution in [3.63, 3.8) is 0 Å². The molecule has 0 radical (unpaired) electrons. The van der Waals surface area contributed by atoms with Gasteiger partial charge in [0, 0.05) is 19.1 Å². The summed E-state index contributed by atoms with van der Waals surface area (Å²) in [5, 5.41) is 13.3. The third kappa shape index (κ3) is 2.15. The van der Waals surface area contributed by atoms with Gasteiger partial charge in [-0.25, -0.2) is 0 Å². The third-order valence-electron chi connectivity index (χ3n) is 3.29. The molecule has 6 nitrogen and oxygen atoms in total. The summed E-state index contributed by atoms with van der Waals surface area (Å²) in [5.41, 5.74) is 6.26. The van der Waals surface area contributed by atoms with E-state index in [1.807, 2.05) is 4.90 Å². The zero-order valence-corrected chi connectivity index (χ0v) is 10.7. The second-order valence-electron chi connectivity index (χ2n) is 4.88. The van der Waals surface area contributed by atoms with E-state index in [9.17, 15) is 9.90 Å². The standard InChI is InChI=1S/C11H16N4O2S/c12-9-8(10(17)13-6-1-2-6)11(18-14-9)15-4-3-7(16)5-15/h6-7,16H,1-5H2,(H2,12,14)(H,13,17). The fraction of sp³-hybridized carbons (Fsp3) is 0.636. The van der Waals surface area contributed by atoms with Crippen LogP contribution in [0.3, 0.4) is 0 Å². The fourth-order valence-electron chi connectivity index (χ4n) is 2.13. The number of hydrogen-bond donors (Lipinski definition) is 3. The van der Waals surface area contributed by atoms with Gasteiger partial charge in [-0.2, -0.15) is 4.37 Å². The lowest BCUT2D eigenvalue weighted by Crippen LogP contribution is -2.29. The molecule has 18 heavy (non-hydrogen) atoms. The van der Waals surface area contributed by atoms with E-state index in [1.54, 1.807) is 0 Å². The molecule has 1 aliphatic carbocycles. The van der Waals surface area contributed by atoms with Crippen LogP contribution in [0.5, 0.6) is 0 Å². The lowest BCUT2D eigenvalue weighted by molar-refractivity contribution is 0.0952. The minimum atomic E-state index is -0.326. The van der Waals surface area contributed by atoms with Gasteiger partial charge in [-0.3, -0.25) is 4.79 Å². The number of carbonyl (C=O) groups excluding carboxylic acids is 1. The van der Waals surface area contributed by atoms with Crippen LogP contribution in [0.25, 0.3) is 0 Å². The molecule has 1 aromatic rings. The molecule has 4 N–H and O–H groups in total. The molecular weight excluding hydrogens is 252 g/mol. The van der Waals surface area contributed by atoms with E-state index < -0.39 is 0 Å². The molecule has 1 saturated carbocycles. The Morgan fingerprint density at radius 1 is 1.50 bits per heavy atom. The van der Waals surface area contributed by atoms with E-state index >= 15 is 0 Å². The molecule has 1 saturated heterocycles. The van der Waals surface area contributed by atoms with E-state index in [0.717, 1.165) is 30.8 Å². The van der Waals surface area contributed by atoms with Gasteiger partial charge in [0.2, 0.25) is 0 Å². The molecule has 1 unspecified atom stereocenters. The summed E-state index contributed by atoms with van der Waals surface area (Å²) in [4.78, 5) is 14.1. The molecule has 2 fully saturated rings. The van der Waals surface area contributed by atoms with Crippen molar-refractivity contribution in [2.75, 3.05) is 23.7 Å². The van der Waals surface area contributed by atoms with Gasteiger partial charge in [0.25, 0.3) is 5.91 Å². The summed E-state index contributed by atoms with van der Waals surface area (Å²) in [5.74, 6) is 0.148. The van der Waals surface area contributed by atoms with Gasteiger partial charge in [-0.15, -0.1) is 0 Å². The molecule has 2 heterocycles. The summed E-state index contributed by atoms with van der Waals surface area (Å²) in [7, 11) is 0. The largest absolute Gasteiger partial charge is 0.391 e. The number of aliphatic hydroxyl groups excluding tert-OH is 1. The Morgan fingerprint density at radius 3 is 2.89 bits per heavy atom. The Balaban J connectivity index is 1.83. The number of aromatic nitrogens is 1. The second-order valence-corrected chi connectivity index (χ2v) is 5.64. The maximum atomic E-state index is 12.1. The molecule has 0 bridgehead atoms. The lowest BCUT2D eigenvalue weighted by Gasteiger charge is -2.16. The van der Waals surface area contributed by atoms with Gasteiger partial charge in [-0.05, 0) is 30.8 Å². The van der Waals surface area contributed by atoms with Crippen molar-refractivity contribution >= 4 is 28.3 Å². The molecule has 1 atom stereocenters. The van der Waals surface area contributed by atoms with Crippen LogP contribution in [0, 0.1) is 0 Å². The smallest absolute Gasteiger partial charge is 0.258 e. The van der Waals surface area contributed by atoms with Gasteiger partial charge >= 0.3 is 0 Å². The van der Waals surface area contributed by atoms with Crippen molar-refractivity contribution in [1.82, 2.24) is 9.69 Å². The predicted octanol–water partition coefficient (Wildman–Crippen LogP) is 0.188. The highest BCUT2D eigenvalue weighted by Crippen LogP contribution is 2.33. The van der Waals surface area contributed by atoms with Crippen LogP contribution in [-0.4, -0.2) is 40.6 Å². The Bertz CT molecular complexity index is 472. The maximum absolute atomic E-state index is 12.1. The zero-order valence-electron chi connectivity index (χ0n) is 9.93. The van der Waals surface area contributed by atoms with Gasteiger partial charge < -0.3 is 21.1 Å². The van der Waals surface area contributed by atoms with Crippen molar-refractivity contribution in [3.8, 4) is 0 Å². The highest BCUT2D eigenvalue weighted by atomic mass is 32.1. The van der Waals surface area contributed by atoms with Crippen LogP contribution in [0.4, 0.5) is 10.8 Å². The first-order valence-corrected chi connectivity index (χ1v) is 6.91. The summed E-state index contributed by atoms with van der Waals surface area (Å²) >= 11 is 1.23. The van der Waals surface area contributed by atoms with Gasteiger partial charge in [0.1, 0.15) is 10.6 Å². The molecule has 1 amide bonds. The highest BCUT2D eigenvalue weighted by Gasteiger charge is 2.31. The molecule has 1 aliphatic heterocycles. The number of carbonyl (C=O) groups is 1. The summed E-state index contributed by atoms with van der Waals surface area (Å²) in [6, 6.07) is 0.300. The molecule has 1 aromatic heterocycles. The minimum absolute atomic E-state index is 0.139. The van der Waals surface area contributed by atoms with Crippen LogP contribution in [0.2, 0.25) is 0 Å². The molecule has 98 valence electrons. The van der Waals surface area contributed by atoms with Crippen LogP contribution in [0.15, 0.2) is 0 Å². The Morgan fingerprint density at radius 2 is 2.28 bits per heavy atom. The predicted molar refractivity (Wildman–Crippen MR) is 69.9 cm³/mol. The highest BCUT2D eigenvalue weighted by molar-refractivity contribution is 7.11. The van der Waals surface area contributed by atoms with Gasteiger partial charge in [0.15, 0.2) is 5.82 Å². The van der Waals surface area contributed by atoms with E-state index in [2.05, 4.69) is 9.69 Å². The van der Waals surface area contributed by atoms with E-state index in [1.165, 1.54) is 11.5 Å². The fourth-order valence-corrected chi connectivity index (χ4v) is 2.98. The quantitative estimate of drug-likeness (QED) is 0.728. The van der Waals surface area contributed by atoms with Crippen molar-refractivity contribution in [2.24, 2.45) is 0 Å². The average molecular weight is 268 g/mol. The molecule has 7 heteroatoms. The molecule has 0 spiro atoms. The normalized spacial score (nSPS) is 23.4. The molecule has 2 aliphatic rings. The van der Waals surface area contributed by atoms with Crippen molar-refractivity contribution in [1.29, 1.82) is 0 Å². The minimum Gasteiger partial charge on any atom is -0.391 e. The lowest BCUT2D eigenvalue weighted by atomic mass is 10.2. The monoisotopic (exact) mass is 268 g/mol. The summed E-state index contributed by atoms with van der Waals surface area (Å²) in [6.45, 7) is 1.29. The number of rotatable bonds is 3. The second kappa shape index (κ2) is 4.40. The number of nitrogens with two attached hydrogens (primary N) is 1. The first kappa shape index (κ1) is 11.7. The third-order valence-corrected chi connectivity index (χ3v) is 4.21. The number of aliphatic hydroxyl groups is 1. The number of β-amino-alcohol motifs (C(OH)–C–C–N with tert-alkyl or cyclic N) is 1. The van der Waals surface area contributed by atoms with Gasteiger partial charge in [0.05, 0.1) is 6.10 Å².